The molecule has 1 saturated heterocycles. The van der Waals surface area contributed by atoms with Crippen molar-refractivity contribution in [3.05, 3.63) is 48.2 Å². The Morgan fingerprint density at radius 2 is 2.03 bits per heavy atom. The minimum atomic E-state index is 0.0573. The highest BCUT2D eigenvalue weighted by Crippen LogP contribution is 2.32. The van der Waals surface area contributed by atoms with Crippen LogP contribution < -0.4 is 10.2 Å². The number of hydrogen-bond donors (Lipinski definition) is 1. The molecule has 3 heterocycles. The minimum Gasteiger partial charge on any atom is -0.356 e. The number of pyridine rings is 1. The van der Waals surface area contributed by atoms with E-state index in [9.17, 15) is 4.79 Å². The van der Waals surface area contributed by atoms with Gasteiger partial charge in [0, 0.05) is 37.3 Å². The van der Waals surface area contributed by atoms with Gasteiger partial charge in [-0.2, -0.15) is 4.98 Å². The average molecular weight is 434 g/mol. The summed E-state index contributed by atoms with van der Waals surface area (Å²) in [5.74, 6) is 2.67. The Hall–Kier alpha value is -3.22. The number of hydrogen-bond acceptors (Lipinski definition) is 6. The number of carbonyl (C=O) groups is 1. The van der Waals surface area contributed by atoms with Gasteiger partial charge in [0.2, 0.25) is 11.7 Å². The highest BCUT2D eigenvalue weighted by Gasteiger charge is 2.27. The first-order chi connectivity index (χ1) is 15.5. The molecule has 32 heavy (non-hydrogen) atoms. The Morgan fingerprint density at radius 3 is 2.78 bits per heavy atom. The molecule has 1 aliphatic rings. The Morgan fingerprint density at radius 1 is 1.22 bits per heavy atom. The average Bonchev–Trinajstić information content (AvgIpc) is 3.29. The Bertz CT molecular complexity index is 1050. The molecular formula is C25H31N5O2. The highest BCUT2D eigenvalue weighted by molar-refractivity contribution is 5.79. The molecule has 0 saturated carbocycles. The van der Waals surface area contributed by atoms with E-state index in [-0.39, 0.29) is 11.8 Å². The van der Waals surface area contributed by atoms with Gasteiger partial charge in [0.05, 0.1) is 5.56 Å². The first kappa shape index (κ1) is 22.0. The Labute approximate surface area is 189 Å². The third-order valence-electron chi connectivity index (χ3n) is 5.91. The van der Waals surface area contributed by atoms with Gasteiger partial charge in [0.25, 0.3) is 5.89 Å². The Balaban J connectivity index is 1.44. The first-order valence-corrected chi connectivity index (χ1v) is 11.4. The number of nitrogens with zero attached hydrogens (tertiary/aromatic N) is 4. The van der Waals surface area contributed by atoms with Gasteiger partial charge in [0.15, 0.2) is 0 Å². The number of nitrogens with one attached hydrogen (secondary N) is 1. The predicted molar refractivity (Wildman–Crippen MR) is 125 cm³/mol. The number of aromatic nitrogens is 3. The zero-order valence-corrected chi connectivity index (χ0v) is 19.0. The fraction of sp³-hybridized carbons (Fsp3) is 0.440. The first-order valence-electron chi connectivity index (χ1n) is 11.4. The SMILES string of the molecule is Cc1cccc(-c2noc(-c3cccnc3N3CCC(C(=O)NCCC(C)C)CC3)n2)c1. The molecule has 0 spiro atoms. The monoisotopic (exact) mass is 433 g/mol. The summed E-state index contributed by atoms with van der Waals surface area (Å²) in [6.45, 7) is 8.67. The summed E-state index contributed by atoms with van der Waals surface area (Å²) in [7, 11) is 0. The van der Waals surface area contributed by atoms with E-state index in [1.54, 1.807) is 6.20 Å². The lowest BCUT2D eigenvalue weighted by molar-refractivity contribution is -0.125. The van der Waals surface area contributed by atoms with Gasteiger partial charge in [-0.3, -0.25) is 4.79 Å². The van der Waals surface area contributed by atoms with Crippen LogP contribution in [-0.4, -0.2) is 40.7 Å². The van der Waals surface area contributed by atoms with Crippen LogP contribution in [0.5, 0.6) is 0 Å². The molecule has 1 aliphatic heterocycles. The van der Waals surface area contributed by atoms with E-state index in [0.29, 0.717) is 17.6 Å². The van der Waals surface area contributed by atoms with Crippen LogP contribution >= 0.6 is 0 Å². The van der Waals surface area contributed by atoms with Crippen LogP contribution in [-0.2, 0) is 4.79 Å². The molecule has 0 aliphatic carbocycles. The molecular weight excluding hydrogens is 402 g/mol. The van der Waals surface area contributed by atoms with Gasteiger partial charge in [0.1, 0.15) is 5.82 Å². The fourth-order valence-electron chi connectivity index (χ4n) is 4.03. The largest absolute Gasteiger partial charge is 0.356 e. The van der Waals surface area contributed by atoms with Crippen LogP contribution in [0, 0.1) is 18.8 Å². The molecule has 0 bridgehead atoms. The molecule has 1 N–H and O–H groups in total. The highest BCUT2D eigenvalue weighted by atomic mass is 16.5. The topological polar surface area (TPSA) is 84.2 Å². The molecule has 1 aromatic carbocycles. The van der Waals surface area contributed by atoms with E-state index < -0.39 is 0 Å². The van der Waals surface area contributed by atoms with Gasteiger partial charge >= 0.3 is 0 Å². The van der Waals surface area contributed by atoms with Crippen molar-refractivity contribution in [3.63, 3.8) is 0 Å². The number of piperidine rings is 1. The van der Waals surface area contributed by atoms with Gasteiger partial charge in [-0.25, -0.2) is 4.98 Å². The third-order valence-corrected chi connectivity index (χ3v) is 5.91. The lowest BCUT2D eigenvalue weighted by Crippen LogP contribution is -2.41. The van der Waals surface area contributed by atoms with Crippen LogP contribution in [0.25, 0.3) is 22.8 Å². The minimum absolute atomic E-state index is 0.0573. The van der Waals surface area contributed by atoms with Crippen LogP contribution in [0.15, 0.2) is 47.1 Å². The molecule has 1 amide bonds. The number of carbonyl (C=O) groups excluding carboxylic acids is 1. The molecule has 0 radical (unpaired) electrons. The third kappa shape index (κ3) is 5.15. The van der Waals surface area contributed by atoms with Crippen LogP contribution in [0.2, 0.25) is 0 Å². The maximum Gasteiger partial charge on any atom is 0.261 e. The van der Waals surface area contributed by atoms with Crippen molar-refractivity contribution in [1.29, 1.82) is 0 Å². The van der Waals surface area contributed by atoms with Crippen LogP contribution in [0.3, 0.4) is 0 Å². The van der Waals surface area contributed by atoms with E-state index in [2.05, 4.69) is 39.2 Å². The predicted octanol–water partition coefficient (Wildman–Crippen LogP) is 4.49. The van der Waals surface area contributed by atoms with Crippen molar-refractivity contribution >= 4 is 11.7 Å². The van der Waals surface area contributed by atoms with E-state index in [1.807, 2.05) is 43.3 Å². The van der Waals surface area contributed by atoms with Gasteiger partial charge in [-0.15, -0.1) is 0 Å². The summed E-state index contributed by atoms with van der Waals surface area (Å²) in [6.07, 6.45) is 4.40. The second-order valence-corrected chi connectivity index (χ2v) is 8.90. The second-order valence-electron chi connectivity index (χ2n) is 8.90. The maximum absolute atomic E-state index is 12.5. The van der Waals surface area contributed by atoms with Crippen LogP contribution in [0.1, 0.15) is 38.7 Å². The molecule has 2 aromatic heterocycles. The lowest BCUT2D eigenvalue weighted by atomic mass is 9.95. The van der Waals surface area contributed by atoms with Crippen molar-refractivity contribution in [2.45, 2.75) is 40.0 Å². The molecule has 168 valence electrons. The van der Waals surface area contributed by atoms with E-state index in [0.717, 1.165) is 61.4 Å². The normalized spacial score (nSPS) is 14.7. The smallest absolute Gasteiger partial charge is 0.261 e. The molecule has 0 unspecified atom stereocenters. The van der Waals surface area contributed by atoms with E-state index in [4.69, 9.17) is 4.52 Å². The number of benzene rings is 1. The lowest BCUT2D eigenvalue weighted by Gasteiger charge is -2.32. The molecule has 7 heteroatoms. The molecule has 4 rings (SSSR count). The van der Waals surface area contributed by atoms with Gasteiger partial charge < -0.3 is 14.7 Å². The standard InChI is InChI=1S/C25H31N5O2/c1-17(2)9-13-27-24(31)19-10-14-30(15-11-19)23-21(8-5-12-26-23)25-28-22(29-32-25)20-7-4-6-18(3)16-20/h4-8,12,16-17,19H,9-11,13-15H2,1-3H3,(H,27,31). The maximum atomic E-state index is 12.5. The zero-order valence-electron chi connectivity index (χ0n) is 19.0. The second kappa shape index (κ2) is 9.94. The fourth-order valence-corrected chi connectivity index (χ4v) is 4.03. The number of aryl methyl sites for hydroxylation is 1. The summed E-state index contributed by atoms with van der Waals surface area (Å²) in [5.41, 5.74) is 2.89. The summed E-state index contributed by atoms with van der Waals surface area (Å²) in [6, 6.07) is 11.9. The zero-order chi connectivity index (χ0) is 22.5. The van der Waals surface area contributed by atoms with Crippen molar-refractivity contribution in [2.75, 3.05) is 24.5 Å². The van der Waals surface area contributed by atoms with E-state index >= 15 is 0 Å². The molecule has 3 aromatic rings. The summed E-state index contributed by atoms with van der Waals surface area (Å²) in [4.78, 5) is 23.9. The number of anilines is 1. The van der Waals surface area contributed by atoms with Crippen molar-refractivity contribution in [3.8, 4) is 22.8 Å². The number of amides is 1. The summed E-state index contributed by atoms with van der Waals surface area (Å²) >= 11 is 0. The van der Waals surface area contributed by atoms with E-state index in [1.165, 1.54) is 0 Å². The quantitative estimate of drug-likeness (QED) is 0.591. The van der Waals surface area contributed by atoms with Crippen molar-refractivity contribution in [1.82, 2.24) is 20.4 Å². The summed E-state index contributed by atoms with van der Waals surface area (Å²) in [5, 5.41) is 7.27. The summed E-state index contributed by atoms with van der Waals surface area (Å²) < 4.78 is 5.61. The molecule has 1 fully saturated rings. The van der Waals surface area contributed by atoms with Crippen molar-refractivity contribution < 1.29 is 9.32 Å². The van der Waals surface area contributed by atoms with Gasteiger partial charge in [-0.05, 0) is 50.3 Å². The van der Waals surface area contributed by atoms with Gasteiger partial charge in [-0.1, -0.05) is 42.8 Å². The molecule has 0 atom stereocenters. The Kier molecular flexibility index (Phi) is 6.83. The van der Waals surface area contributed by atoms with Crippen molar-refractivity contribution in [2.24, 2.45) is 11.8 Å². The van der Waals surface area contributed by atoms with Crippen LogP contribution in [0.4, 0.5) is 5.82 Å². The number of rotatable bonds is 7. The molecule has 7 nitrogen and oxygen atoms in total.